The molecule has 0 aliphatic heterocycles. The van der Waals surface area contributed by atoms with E-state index in [0.29, 0.717) is 22.0 Å². The van der Waals surface area contributed by atoms with E-state index in [-0.39, 0.29) is 18.6 Å². The van der Waals surface area contributed by atoms with Gasteiger partial charge in [-0.3, -0.25) is 4.79 Å². The zero-order valence-electron chi connectivity index (χ0n) is 19.1. The van der Waals surface area contributed by atoms with Crippen LogP contribution in [0.4, 0.5) is 5.69 Å². The molecule has 0 radical (unpaired) electrons. The number of carbonyl (C=O) groups is 2. The van der Waals surface area contributed by atoms with Crippen LogP contribution in [0.15, 0.2) is 42.5 Å². The van der Waals surface area contributed by atoms with E-state index in [1.807, 2.05) is 38.1 Å². The second kappa shape index (κ2) is 10.9. The standard InChI is InChI=1S/C26H32ClNO4/c1-4-18(3)32-23-14-13-21(17-22(23)24(29)31-5-2)28-25(30)26(15-7-6-8-16-26)19-9-11-20(27)12-10-19/h9-14,17-18H,4-8,15-16H2,1-3H3,(H,28,30)/t18-/m0/s1. The summed E-state index contributed by atoms with van der Waals surface area (Å²) in [5.41, 5.74) is 1.22. The summed E-state index contributed by atoms with van der Waals surface area (Å²) in [7, 11) is 0. The van der Waals surface area contributed by atoms with Crippen molar-refractivity contribution in [1.29, 1.82) is 0 Å². The van der Waals surface area contributed by atoms with Gasteiger partial charge in [-0.25, -0.2) is 4.79 Å². The van der Waals surface area contributed by atoms with Gasteiger partial charge in [-0.15, -0.1) is 0 Å². The first-order chi connectivity index (χ1) is 15.4. The van der Waals surface area contributed by atoms with Crippen LogP contribution in [0.2, 0.25) is 5.02 Å². The fraction of sp³-hybridized carbons (Fsp3) is 0.462. The van der Waals surface area contributed by atoms with Crippen molar-refractivity contribution >= 4 is 29.2 Å². The Hall–Kier alpha value is -2.53. The Morgan fingerprint density at radius 3 is 2.38 bits per heavy atom. The van der Waals surface area contributed by atoms with Crippen LogP contribution in [-0.4, -0.2) is 24.6 Å². The summed E-state index contributed by atoms with van der Waals surface area (Å²) in [4.78, 5) is 26.2. The molecule has 3 rings (SSSR count). The number of anilines is 1. The molecule has 172 valence electrons. The Morgan fingerprint density at radius 1 is 1.06 bits per heavy atom. The molecule has 1 aliphatic rings. The zero-order valence-corrected chi connectivity index (χ0v) is 19.8. The fourth-order valence-electron chi connectivity index (χ4n) is 4.20. The van der Waals surface area contributed by atoms with Crippen molar-refractivity contribution in [1.82, 2.24) is 0 Å². The van der Waals surface area contributed by atoms with Crippen molar-refractivity contribution < 1.29 is 19.1 Å². The smallest absolute Gasteiger partial charge is 0.341 e. The van der Waals surface area contributed by atoms with E-state index in [4.69, 9.17) is 21.1 Å². The highest BCUT2D eigenvalue weighted by Crippen LogP contribution is 2.41. The molecule has 1 amide bonds. The summed E-state index contributed by atoms with van der Waals surface area (Å²) >= 11 is 6.08. The molecule has 0 saturated heterocycles. The summed E-state index contributed by atoms with van der Waals surface area (Å²) < 4.78 is 11.1. The summed E-state index contributed by atoms with van der Waals surface area (Å²) in [6, 6.07) is 12.7. The molecule has 1 fully saturated rings. The number of esters is 1. The second-order valence-electron chi connectivity index (χ2n) is 8.37. The first-order valence-electron chi connectivity index (χ1n) is 11.4. The van der Waals surface area contributed by atoms with E-state index in [0.717, 1.165) is 44.1 Å². The number of amides is 1. The Morgan fingerprint density at radius 2 is 1.75 bits per heavy atom. The number of carbonyl (C=O) groups excluding carboxylic acids is 2. The van der Waals surface area contributed by atoms with Crippen LogP contribution in [0, 0.1) is 0 Å². The quantitative estimate of drug-likeness (QED) is 0.457. The van der Waals surface area contributed by atoms with E-state index < -0.39 is 11.4 Å². The summed E-state index contributed by atoms with van der Waals surface area (Å²) in [6.45, 7) is 5.99. The summed E-state index contributed by atoms with van der Waals surface area (Å²) in [5, 5.41) is 3.71. The molecule has 1 N–H and O–H groups in total. The minimum absolute atomic E-state index is 0.0426. The molecule has 32 heavy (non-hydrogen) atoms. The molecule has 1 aliphatic carbocycles. The van der Waals surface area contributed by atoms with Gasteiger partial charge in [0, 0.05) is 10.7 Å². The molecule has 0 aromatic heterocycles. The van der Waals surface area contributed by atoms with Gasteiger partial charge < -0.3 is 14.8 Å². The molecule has 0 bridgehead atoms. The van der Waals surface area contributed by atoms with E-state index in [2.05, 4.69) is 5.32 Å². The molecule has 0 spiro atoms. The molecule has 5 nitrogen and oxygen atoms in total. The van der Waals surface area contributed by atoms with Crippen LogP contribution in [0.1, 0.15) is 75.2 Å². The highest BCUT2D eigenvalue weighted by Gasteiger charge is 2.41. The third kappa shape index (κ3) is 5.44. The lowest BCUT2D eigenvalue weighted by atomic mass is 9.68. The molecule has 2 aromatic rings. The van der Waals surface area contributed by atoms with Crippen molar-refractivity contribution in [2.75, 3.05) is 11.9 Å². The summed E-state index contributed by atoms with van der Waals surface area (Å²) in [6.07, 6.45) is 5.43. The van der Waals surface area contributed by atoms with Crippen LogP contribution in [0.5, 0.6) is 5.75 Å². The molecule has 1 atom stereocenters. The Balaban J connectivity index is 1.91. The van der Waals surface area contributed by atoms with Crippen LogP contribution in [-0.2, 0) is 14.9 Å². The normalized spacial score (nSPS) is 16.1. The molecular weight excluding hydrogens is 426 g/mol. The number of benzene rings is 2. The SMILES string of the molecule is CCOC(=O)c1cc(NC(=O)C2(c3ccc(Cl)cc3)CCCCC2)ccc1O[C@@H](C)CC. The Bertz CT molecular complexity index is 935. The highest BCUT2D eigenvalue weighted by molar-refractivity contribution is 6.30. The van der Waals surface area contributed by atoms with E-state index >= 15 is 0 Å². The van der Waals surface area contributed by atoms with Crippen LogP contribution >= 0.6 is 11.6 Å². The summed E-state index contributed by atoms with van der Waals surface area (Å²) in [5.74, 6) is -0.0715. The van der Waals surface area contributed by atoms with E-state index in [1.165, 1.54) is 0 Å². The number of hydrogen-bond donors (Lipinski definition) is 1. The lowest BCUT2D eigenvalue weighted by Crippen LogP contribution is -2.42. The van der Waals surface area contributed by atoms with Gasteiger partial charge in [-0.05, 0) is 69.0 Å². The predicted molar refractivity (Wildman–Crippen MR) is 128 cm³/mol. The molecular formula is C26H32ClNO4. The van der Waals surface area contributed by atoms with Crippen LogP contribution in [0.25, 0.3) is 0 Å². The van der Waals surface area contributed by atoms with Crippen LogP contribution < -0.4 is 10.1 Å². The van der Waals surface area contributed by atoms with Crippen molar-refractivity contribution in [2.45, 2.75) is 70.8 Å². The Kier molecular flexibility index (Phi) is 8.19. The maximum atomic E-state index is 13.6. The second-order valence-corrected chi connectivity index (χ2v) is 8.81. The van der Waals surface area contributed by atoms with Gasteiger partial charge in [-0.1, -0.05) is 49.9 Å². The average Bonchev–Trinajstić information content (AvgIpc) is 2.80. The maximum Gasteiger partial charge on any atom is 0.341 e. The monoisotopic (exact) mass is 457 g/mol. The van der Waals surface area contributed by atoms with E-state index in [1.54, 1.807) is 25.1 Å². The number of nitrogens with one attached hydrogen (secondary N) is 1. The number of hydrogen-bond acceptors (Lipinski definition) is 4. The maximum absolute atomic E-state index is 13.6. The third-order valence-electron chi connectivity index (χ3n) is 6.17. The first-order valence-corrected chi connectivity index (χ1v) is 11.8. The fourth-order valence-corrected chi connectivity index (χ4v) is 4.33. The lowest BCUT2D eigenvalue weighted by Gasteiger charge is -2.36. The zero-order chi connectivity index (χ0) is 23.1. The average molecular weight is 458 g/mol. The van der Waals surface area contributed by atoms with Crippen molar-refractivity contribution in [2.24, 2.45) is 0 Å². The molecule has 2 aromatic carbocycles. The van der Waals surface area contributed by atoms with Gasteiger partial charge in [0.05, 0.1) is 18.1 Å². The van der Waals surface area contributed by atoms with Gasteiger partial charge in [-0.2, -0.15) is 0 Å². The van der Waals surface area contributed by atoms with Crippen LogP contribution in [0.3, 0.4) is 0 Å². The number of rotatable bonds is 8. The molecule has 0 heterocycles. The highest BCUT2D eigenvalue weighted by atomic mass is 35.5. The topological polar surface area (TPSA) is 64.6 Å². The molecule has 6 heteroatoms. The van der Waals surface area contributed by atoms with Gasteiger partial charge in [0.25, 0.3) is 0 Å². The minimum atomic E-state index is -0.612. The van der Waals surface area contributed by atoms with Crippen molar-refractivity contribution in [3.8, 4) is 5.75 Å². The lowest BCUT2D eigenvalue weighted by molar-refractivity contribution is -0.122. The Labute approximate surface area is 195 Å². The first kappa shape index (κ1) is 24.1. The minimum Gasteiger partial charge on any atom is -0.490 e. The molecule has 0 unspecified atom stereocenters. The largest absolute Gasteiger partial charge is 0.490 e. The van der Waals surface area contributed by atoms with E-state index in [9.17, 15) is 9.59 Å². The molecule has 1 saturated carbocycles. The van der Waals surface area contributed by atoms with Crippen molar-refractivity contribution in [3.05, 3.63) is 58.6 Å². The van der Waals surface area contributed by atoms with Gasteiger partial charge in [0.2, 0.25) is 5.91 Å². The van der Waals surface area contributed by atoms with Gasteiger partial charge in [0.15, 0.2) is 0 Å². The van der Waals surface area contributed by atoms with Gasteiger partial charge >= 0.3 is 5.97 Å². The number of ether oxygens (including phenoxy) is 2. The predicted octanol–water partition coefficient (Wildman–Crippen LogP) is 6.53. The number of halogens is 1. The van der Waals surface area contributed by atoms with Crippen molar-refractivity contribution in [3.63, 3.8) is 0 Å². The van der Waals surface area contributed by atoms with Gasteiger partial charge in [0.1, 0.15) is 11.3 Å². The third-order valence-corrected chi connectivity index (χ3v) is 6.43.